The van der Waals surface area contributed by atoms with Crippen molar-refractivity contribution in [2.45, 2.75) is 32.5 Å². The molecule has 1 unspecified atom stereocenters. The summed E-state index contributed by atoms with van der Waals surface area (Å²) < 4.78 is 10.5. The summed E-state index contributed by atoms with van der Waals surface area (Å²) in [6.45, 7) is 2.78. The van der Waals surface area contributed by atoms with Crippen molar-refractivity contribution in [3.05, 3.63) is 12.3 Å². The number of allylic oxidation sites excluding steroid dienone is 1. The Hall–Kier alpha value is -0.500. The highest BCUT2D eigenvalue weighted by molar-refractivity contribution is 4.67. The van der Waals surface area contributed by atoms with Crippen molar-refractivity contribution in [1.82, 2.24) is 0 Å². The molecule has 1 saturated heterocycles. The fourth-order valence-electron chi connectivity index (χ4n) is 0.985. The van der Waals surface area contributed by atoms with Crippen LogP contribution < -0.4 is 0 Å². The van der Waals surface area contributed by atoms with Gasteiger partial charge in [0.15, 0.2) is 6.29 Å². The van der Waals surface area contributed by atoms with Gasteiger partial charge in [-0.25, -0.2) is 0 Å². The van der Waals surface area contributed by atoms with E-state index in [0.29, 0.717) is 0 Å². The van der Waals surface area contributed by atoms with Crippen molar-refractivity contribution in [3.63, 3.8) is 0 Å². The molecule has 1 rings (SSSR count). The topological polar surface area (TPSA) is 18.5 Å². The molecule has 0 aromatic carbocycles. The summed E-state index contributed by atoms with van der Waals surface area (Å²) in [7, 11) is 0. The summed E-state index contributed by atoms with van der Waals surface area (Å²) in [6, 6.07) is 0. The van der Waals surface area contributed by atoms with Gasteiger partial charge < -0.3 is 9.47 Å². The third-order valence-corrected chi connectivity index (χ3v) is 1.50. The standard InChI is InChI=1S/C8H14O2/c1-2-6-9-8-5-3-4-7-10-8/h2,6,8H,3-5,7H2,1H3. The summed E-state index contributed by atoms with van der Waals surface area (Å²) in [5.74, 6) is 0. The Morgan fingerprint density at radius 3 is 3.00 bits per heavy atom. The number of ether oxygens (including phenoxy) is 2. The normalized spacial score (nSPS) is 27.1. The van der Waals surface area contributed by atoms with Crippen LogP contribution in [0, 0.1) is 0 Å². The zero-order chi connectivity index (χ0) is 7.23. The lowest BCUT2D eigenvalue weighted by atomic mass is 10.2. The van der Waals surface area contributed by atoms with E-state index in [0.717, 1.165) is 13.0 Å². The van der Waals surface area contributed by atoms with Gasteiger partial charge in [0.2, 0.25) is 0 Å². The second-order valence-electron chi connectivity index (χ2n) is 2.40. The predicted octanol–water partition coefficient (Wildman–Crippen LogP) is 2.06. The third kappa shape index (κ3) is 2.40. The monoisotopic (exact) mass is 142 g/mol. The van der Waals surface area contributed by atoms with Crippen LogP contribution in [0.1, 0.15) is 26.2 Å². The van der Waals surface area contributed by atoms with E-state index in [1.165, 1.54) is 12.8 Å². The highest BCUT2D eigenvalue weighted by Crippen LogP contribution is 2.13. The molecule has 10 heavy (non-hydrogen) atoms. The van der Waals surface area contributed by atoms with Gasteiger partial charge in [0.25, 0.3) is 0 Å². The second-order valence-corrected chi connectivity index (χ2v) is 2.40. The first-order valence-corrected chi connectivity index (χ1v) is 3.81. The lowest BCUT2D eigenvalue weighted by Gasteiger charge is -2.21. The molecule has 2 nitrogen and oxygen atoms in total. The van der Waals surface area contributed by atoms with Gasteiger partial charge in [-0.05, 0) is 19.8 Å². The van der Waals surface area contributed by atoms with Crippen LogP contribution in [0.2, 0.25) is 0 Å². The largest absolute Gasteiger partial charge is 0.473 e. The van der Waals surface area contributed by atoms with Crippen LogP contribution in [0.4, 0.5) is 0 Å². The summed E-state index contributed by atoms with van der Waals surface area (Å²) in [4.78, 5) is 0. The molecule has 1 aliphatic rings. The number of hydrogen-bond acceptors (Lipinski definition) is 2. The van der Waals surface area contributed by atoms with E-state index in [4.69, 9.17) is 9.47 Å². The van der Waals surface area contributed by atoms with Gasteiger partial charge in [-0.2, -0.15) is 0 Å². The Labute approximate surface area is 61.8 Å². The number of hydrogen-bond donors (Lipinski definition) is 0. The van der Waals surface area contributed by atoms with Crippen molar-refractivity contribution < 1.29 is 9.47 Å². The zero-order valence-corrected chi connectivity index (χ0v) is 6.38. The molecule has 0 bridgehead atoms. The maximum absolute atomic E-state index is 5.31. The summed E-state index contributed by atoms with van der Waals surface area (Å²) in [6.07, 6.45) is 7.01. The van der Waals surface area contributed by atoms with Crippen LogP contribution in [0.15, 0.2) is 12.3 Å². The Balaban J connectivity index is 2.13. The van der Waals surface area contributed by atoms with E-state index in [1.54, 1.807) is 6.26 Å². The molecule has 1 aliphatic heterocycles. The Morgan fingerprint density at radius 1 is 1.50 bits per heavy atom. The van der Waals surface area contributed by atoms with Gasteiger partial charge in [0.05, 0.1) is 12.9 Å². The molecule has 0 saturated carbocycles. The van der Waals surface area contributed by atoms with Crippen LogP contribution in [-0.4, -0.2) is 12.9 Å². The Morgan fingerprint density at radius 2 is 2.40 bits per heavy atom. The molecule has 1 atom stereocenters. The first kappa shape index (κ1) is 7.61. The number of rotatable bonds is 2. The van der Waals surface area contributed by atoms with Crippen molar-refractivity contribution in [2.24, 2.45) is 0 Å². The van der Waals surface area contributed by atoms with E-state index < -0.39 is 0 Å². The van der Waals surface area contributed by atoms with Crippen molar-refractivity contribution in [1.29, 1.82) is 0 Å². The highest BCUT2D eigenvalue weighted by Gasteiger charge is 2.12. The van der Waals surface area contributed by atoms with Gasteiger partial charge in [-0.3, -0.25) is 0 Å². The molecular weight excluding hydrogens is 128 g/mol. The fourth-order valence-corrected chi connectivity index (χ4v) is 0.985. The first-order chi connectivity index (χ1) is 4.93. The lowest BCUT2D eigenvalue weighted by Crippen LogP contribution is -2.19. The SMILES string of the molecule is CC=COC1CCCCO1. The molecule has 0 aliphatic carbocycles. The smallest absolute Gasteiger partial charge is 0.198 e. The van der Waals surface area contributed by atoms with E-state index in [9.17, 15) is 0 Å². The zero-order valence-electron chi connectivity index (χ0n) is 6.38. The van der Waals surface area contributed by atoms with E-state index in [-0.39, 0.29) is 6.29 Å². The van der Waals surface area contributed by atoms with Crippen molar-refractivity contribution in [2.75, 3.05) is 6.61 Å². The van der Waals surface area contributed by atoms with Crippen LogP contribution >= 0.6 is 0 Å². The fraction of sp³-hybridized carbons (Fsp3) is 0.750. The quantitative estimate of drug-likeness (QED) is 0.549. The maximum Gasteiger partial charge on any atom is 0.198 e. The molecule has 0 spiro atoms. The summed E-state index contributed by atoms with van der Waals surface area (Å²) >= 11 is 0. The maximum atomic E-state index is 5.31. The summed E-state index contributed by atoms with van der Waals surface area (Å²) in [5.41, 5.74) is 0. The van der Waals surface area contributed by atoms with Crippen LogP contribution in [-0.2, 0) is 9.47 Å². The molecule has 58 valence electrons. The molecule has 1 fully saturated rings. The molecule has 1 heterocycles. The average molecular weight is 142 g/mol. The van der Waals surface area contributed by atoms with Crippen LogP contribution in [0.3, 0.4) is 0 Å². The van der Waals surface area contributed by atoms with Gasteiger partial charge in [-0.1, -0.05) is 6.08 Å². The highest BCUT2D eigenvalue weighted by atomic mass is 16.7. The average Bonchev–Trinajstić information content (AvgIpc) is 2.03. The molecule has 0 radical (unpaired) electrons. The van der Waals surface area contributed by atoms with Crippen LogP contribution in [0.25, 0.3) is 0 Å². The molecule has 0 aromatic heterocycles. The van der Waals surface area contributed by atoms with E-state index in [2.05, 4.69) is 0 Å². The van der Waals surface area contributed by atoms with Gasteiger partial charge in [0, 0.05) is 6.42 Å². The van der Waals surface area contributed by atoms with Crippen LogP contribution in [0.5, 0.6) is 0 Å². The first-order valence-electron chi connectivity index (χ1n) is 3.81. The lowest BCUT2D eigenvalue weighted by molar-refractivity contribution is -0.129. The predicted molar refractivity (Wildman–Crippen MR) is 39.5 cm³/mol. The third-order valence-electron chi connectivity index (χ3n) is 1.50. The van der Waals surface area contributed by atoms with Gasteiger partial charge >= 0.3 is 0 Å². The Bertz CT molecular complexity index is 104. The molecule has 0 N–H and O–H groups in total. The minimum atomic E-state index is 0.0185. The molecule has 0 amide bonds. The summed E-state index contributed by atoms with van der Waals surface area (Å²) in [5, 5.41) is 0. The molecule has 2 heteroatoms. The Kier molecular flexibility index (Phi) is 3.30. The van der Waals surface area contributed by atoms with Gasteiger partial charge in [-0.15, -0.1) is 0 Å². The minimum Gasteiger partial charge on any atom is -0.473 e. The van der Waals surface area contributed by atoms with Gasteiger partial charge in [0.1, 0.15) is 0 Å². The van der Waals surface area contributed by atoms with Crippen molar-refractivity contribution >= 4 is 0 Å². The molecular formula is C8H14O2. The molecule has 0 aromatic rings. The van der Waals surface area contributed by atoms with E-state index in [1.807, 2.05) is 13.0 Å². The minimum absolute atomic E-state index is 0.0185. The van der Waals surface area contributed by atoms with Crippen molar-refractivity contribution in [3.8, 4) is 0 Å². The van der Waals surface area contributed by atoms with E-state index >= 15 is 0 Å². The second kappa shape index (κ2) is 4.34.